The summed E-state index contributed by atoms with van der Waals surface area (Å²) in [5.41, 5.74) is 0.826. The predicted molar refractivity (Wildman–Crippen MR) is 129 cm³/mol. The van der Waals surface area contributed by atoms with Crippen molar-refractivity contribution in [3.8, 4) is 33.4 Å². The van der Waals surface area contributed by atoms with Gasteiger partial charge < -0.3 is 19.9 Å². The Kier molecular flexibility index (Phi) is 6.90. The number of amides is 1. The average Bonchev–Trinajstić information content (AvgIpc) is 3.15. The van der Waals surface area contributed by atoms with Gasteiger partial charge in [-0.3, -0.25) is 4.79 Å². The number of aromatic hydroxyl groups is 1. The summed E-state index contributed by atoms with van der Waals surface area (Å²) in [4.78, 5) is 12.2. The number of ether oxygens (including phenoxy) is 2. The molecule has 0 saturated carbocycles. The molecule has 0 aliphatic rings. The number of carbonyl (C=O) groups excluding carboxylic acids is 1. The smallest absolute Gasteiger partial charge is 0.243 e. The molecular weight excluding hydrogens is 441 g/mol. The number of hydrogen-bond donors (Lipinski definition) is 2. The van der Waals surface area contributed by atoms with E-state index in [4.69, 9.17) is 9.47 Å². The molecule has 4 rings (SSSR count). The summed E-state index contributed by atoms with van der Waals surface area (Å²) in [6.07, 6.45) is 3.14. The Hall–Kier alpha value is -3.84. The van der Waals surface area contributed by atoms with E-state index in [0.29, 0.717) is 30.4 Å². The molecule has 0 radical (unpaired) electrons. The SMILES string of the molecule is C/C=C/C(=O)NCCOc1ccc(Oc2c(-c3ccc(F)cc3)sc3cc(O)ccc23)cc1. The lowest BCUT2D eigenvalue weighted by atomic mass is 10.1. The lowest BCUT2D eigenvalue weighted by Crippen LogP contribution is -2.26. The van der Waals surface area contributed by atoms with Crippen LogP contribution >= 0.6 is 11.3 Å². The summed E-state index contributed by atoms with van der Waals surface area (Å²) in [5, 5.41) is 13.5. The highest BCUT2D eigenvalue weighted by molar-refractivity contribution is 7.22. The van der Waals surface area contributed by atoms with E-state index in [-0.39, 0.29) is 17.5 Å². The van der Waals surface area contributed by atoms with Crippen molar-refractivity contribution >= 4 is 27.3 Å². The summed E-state index contributed by atoms with van der Waals surface area (Å²) in [7, 11) is 0. The third-order valence-electron chi connectivity index (χ3n) is 4.77. The molecule has 168 valence electrons. The second-order valence-electron chi connectivity index (χ2n) is 7.16. The average molecular weight is 464 g/mol. The highest BCUT2D eigenvalue weighted by Gasteiger charge is 2.17. The molecular formula is C26H22FNO4S. The van der Waals surface area contributed by atoms with Gasteiger partial charge in [0.1, 0.15) is 29.7 Å². The first-order chi connectivity index (χ1) is 16.0. The van der Waals surface area contributed by atoms with Gasteiger partial charge in [-0.05, 0) is 73.2 Å². The molecule has 0 unspecified atom stereocenters. The molecule has 0 spiro atoms. The third kappa shape index (κ3) is 5.51. The topological polar surface area (TPSA) is 67.8 Å². The van der Waals surface area contributed by atoms with Crippen LogP contribution in [0.15, 0.2) is 78.9 Å². The number of thiophene rings is 1. The van der Waals surface area contributed by atoms with Crippen molar-refractivity contribution in [1.82, 2.24) is 5.32 Å². The number of fused-ring (bicyclic) bond motifs is 1. The van der Waals surface area contributed by atoms with E-state index >= 15 is 0 Å². The van der Waals surface area contributed by atoms with Gasteiger partial charge in [0.15, 0.2) is 5.75 Å². The van der Waals surface area contributed by atoms with Crippen molar-refractivity contribution in [2.75, 3.05) is 13.2 Å². The number of hydrogen-bond acceptors (Lipinski definition) is 5. The van der Waals surface area contributed by atoms with Crippen LogP contribution < -0.4 is 14.8 Å². The Balaban J connectivity index is 1.52. The maximum atomic E-state index is 13.4. The van der Waals surface area contributed by atoms with E-state index in [0.717, 1.165) is 20.5 Å². The van der Waals surface area contributed by atoms with E-state index in [1.165, 1.54) is 29.5 Å². The molecule has 2 N–H and O–H groups in total. The molecule has 1 heterocycles. The zero-order chi connectivity index (χ0) is 23.2. The van der Waals surface area contributed by atoms with Crippen LogP contribution in [-0.4, -0.2) is 24.2 Å². The number of nitrogens with one attached hydrogen (secondary N) is 1. The number of carbonyl (C=O) groups is 1. The first kappa shape index (κ1) is 22.4. The number of phenols is 1. The number of benzene rings is 3. The van der Waals surface area contributed by atoms with Crippen LogP contribution in [0.5, 0.6) is 23.0 Å². The van der Waals surface area contributed by atoms with Crippen molar-refractivity contribution in [2.45, 2.75) is 6.92 Å². The minimum atomic E-state index is -0.308. The zero-order valence-electron chi connectivity index (χ0n) is 17.9. The Labute approximate surface area is 194 Å². The van der Waals surface area contributed by atoms with Crippen molar-refractivity contribution in [3.63, 3.8) is 0 Å². The molecule has 1 amide bonds. The van der Waals surface area contributed by atoms with Gasteiger partial charge in [0.05, 0.1) is 11.4 Å². The van der Waals surface area contributed by atoms with Crippen molar-refractivity contribution in [2.24, 2.45) is 0 Å². The summed E-state index contributed by atoms with van der Waals surface area (Å²) in [5.74, 6) is 1.61. The number of phenolic OH excluding ortho intramolecular Hbond substituents is 1. The molecule has 4 aromatic rings. The molecule has 1 aromatic heterocycles. The van der Waals surface area contributed by atoms with Gasteiger partial charge in [0.25, 0.3) is 0 Å². The molecule has 7 heteroatoms. The van der Waals surface area contributed by atoms with Gasteiger partial charge >= 0.3 is 0 Å². The van der Waals surface area contributed by atoms with Crippen LogP contribution in [0.1, 0.15) is 6.92 Å². The van der Waals surface area contributed by atoms with Crippen molar-refractivity contribution in [3.05, 3.63) is 84.7 Å². The summed E-state index contributed by atoms with van der Waals surface area (Å²) >= 11 is 1.47. The van der Waals surface area contributed by atoms with Crippen LogP contribution in [0.3, 0.4) is 0 Å². The molecule has 33 heavy (non-hydrogen) atoms. The predicted octanol–water partition coefficient (Wildman–Crippen LogP) is 6.28. The van der Waals surface area contributed by atoms with E-state index < -0.39 is 0 Å². The number of allylic oxidation sites excluding steroid dienone is 1. The normalized spacial score (nSPS) is 11.1. The molecule has 0 fully saturated rings. The van der Waals surface area contributed by atoms with Crippen LogP contribution in [0, 0.1) is 5.82 Å². The van der Waals surface area contributed by atoms with Gasteiger partial charge in [-0.2, -0.15) is 0 Å². The second kappa shape index (κ2) is 10.2. The molecule has 0 saturated heterocycles. The number of rotatable bonds is 8. The minimum absolute atomic E-state index is 0.155. The third-order valence-corrected chi connectivity index (χ3v) is 5.95. The molecule has 3 aromatic carbocycles. The summed E-state index contributed by atoms with van der Waals surface area (Å²) < 4.78 is 26.2. The van der Waals surface area contributed by atoms with Crippen molar-refractivity contribution < 1.29 is 23.8 Å². The molecule has 0 aliphatic heterocycles. The van der Waals surface area contributed by atoms with E-state index in [9.17, 15) is 14.3 Å². The first-order valence-electron chi connectivity index (χ1n) is 10.4. The standard InChI is InChI=1S/C26H22FNO4S/c1-2-3-24(30)28-14-15-31-20-9-11-21(12-10-20)32-25-22-13-8-19(29)16-23(22)33-26(25)17-4-6-18(27)7-5-17/h2-13,16,29H,14-15H2,1H3,(H,28,30)/b3-2+. The molecule has 5 nitrogen and oxygen atoms in total. The molecule has 0 bridgehead atoms. The monoisotopic (exact) mass is 463 g/mol. The van der Waals surface area contributed by atoms with E-state index in [2.05, 4.69) is 5.32 Å². The zero-order valence-corrected chi connectivity index (χ0v) is 18.7. The van der Waals surface area contributed by atoms with Crippen molar-refractivity contribution in [1.29, 1.82) is 0 Å². The van der Waals surface area contributed by atoms with Crippen LogP contribution in [0.2, 0.25) is 0 Å². The van der Waals surface area contributed by atoms with Gasteiger partial charge in [0, 0.05) is 10.1 Å². The Morgan fingerprint density at radius 1 is 1.06 bits per heavy atom. The maximum Gasteiger partial charge on any atom is 0.243 e. The van der Waals surface area contributed by atoms with Gasteiger partial charge in [-0.1, -0.05) is 18.2 Å². The Bertz CT molecular complexity index is 1280. The van der Waals surface area contributed by atoms with E-state index in [1.807, 2.05) is 6.07 Å². The highest BCUT2D eigenvalue weighted by Crippen LogP contribution is 2.47. The quantitative estimate of drug-likeness (QED) is 0.239. The largest absolute Gasteiger partial charge is 0.508 e. The van der Waals surface area contributed by atoms with Gasteiger partial charge in [-0.25, -0.2) is 4.39 Å². The second-order valence-corrected chi connectivity index (χ2v) is 8.21. The van der Waals surface area contributed by atoms with Gasteiger partial charge in [-0.15, -0.1) is 11.3 Å². The van der Waals surface area contributed by atoms with Crippen LogP contribution in [0.4, 0.5) is 4.39 Å². The fourth-order valence-electron chi connectivity index (χ4n) is 3.23. The van der Waals surface area contributed by atoms with Gasteiger partial charge in [0.2, 0.25) is 5.91 Å². The maximum absolute atomic E-state index is 13.4. The first-order valence-corrected chi connectivity index (χ1v) is 11.2. The van der Waals surface area contributed by atoms with Crippen LogP contribution in [-0.2, 0) is 4.79 Å². The Morgan fingerprint density at radius 2 is 1.79 bits per heavy atom. The fraction of sp³-hybridized carbons (Fsp3) is 0.115. The number of halogens is 1. The fourth-order valence-corrected chi connectivity index (χ4v) is 4.40. The molecule has 0 atom stereocenters. The highest BCUT2D eigenvalue weighted by atomic mass is 32.1. The lowest BCUT2D eigenvalue weighted by Gasteiger charge is -2.10. The summed E-state index contributed by atoms with van der Waals surface area (Å²) in [6, 6.07) is 18.5. The summed E-state index contributed by atoms with van der Waals surface area (Å²) in [6.45, 7) is 2.53. The minimum Gasteiger partial charge on any atom is -0.508 e. The van der Waals surface area contributed by atoms with Crippen LogP contribution in [0.25, 0.3) is 20.5 Å². The Morgan fingerprint density at radius 3 is 2.52 bits per heavy atom. The molecule has 0 aliphatic carbocycles. The lowest BCUT2D eigenvalue weighted by molar-refractivity contribution is -0.116. The van der Waals surface area contributed by atoms with E-state index in [1.54, 1.807) is 61.5 Å².